The Morgan fingerprint density at radius 2 is 2.12 bits per heavy atom. The molecule has 5 nitrogen and oxygen atoms in total. The Balaban J connectivity index is 0.00000144. The highest BCUT2D eigenvalue weighted by atomic mass is 35.5. The minimum Gasteiger partial charge on any atom is -0.508 e. The van der Waals surface area contributed by atoms with Crippen LogP contribution in [0.25, 0.3) is 0 Å². The van der Waals surface area contributed by atoms with E-state index in [1.807, 2.05) is 18.2 Å². The molecule has 92 valence electrons. The van der Waals surface area contributed by atoms with Gasteiger partial charge in [-0.05, 0) is 6.07 Å². The van der Waals surface area contributed by atoms with Crippen molar-refractivity contribution >= 4 is 12.4 Å². The van der Waals surface area contributed by atoms with Crippen LogP contribution in [0.4, 0.5) is 0 Å². The molecule has 0 unspecified atom stereocenters. The van der Waals surface area contributed by atoms with Gasteiger partial charge in [0.05, 0.1) is 6.54 Å². The van der Waals surface area contributed by atoms with Gasteiger partial charge >= 0.3 is 0 Å². The Hall–Kier alpha value is -1.59. The number of halogens is 1. The number of para-hydroxylation sites is 1. The van der Waals surface area contributed by atoms with Gasteiger partial charge in [-0.25, -0.2) is 4.98 Å². The normalized spacial score (nSPS) is 9.88. The number of nitrogens with one attached hydrogen (secondary N) is 1. The van der Waals surface area contributed by atoms with Gasteiger partial charge in [0.1, 0.15) is 18.4 Å². The molecule has 17 heavy (non-hydrogen) atoms. The average molecular weight is 255 g/mol. The predicted molar refractivity (Wildman–Crippen MR) is 67.1 cm³/mol. The number of phenols is 1. The van der Waals surface area contributed by atoms with Crippen molar-refractivity contribution < 1.29 is 5.11 Å². The van der Waals surface area contributed by atoms with Gasteiger partial charge < -0.3 is 10.4 Å². The largest absolute Gasteiger partial charge is 0.508 e. The summed E-state index contributed by atoms with van der Waals surface area (Å²) in [6.07, 6.45) is 3.20. The van der Waals surface area contributed by atoms with Gasteiger partial charge in [0, 0.05) is 18.7 Å². The molecular formula is C11H15ClN4O. The quantitative estimate of drug-likeness (QED) is 0.787. The van der Waals surface area contributed by atoms with Crippen molar-refractivity contribution in [2.24, 2.45) is 0 Å². The van der Waals surface area contributed by atoms with Crippen molar-refractivity contribution in [3.63, 3.8) is 0 Å². The summed E-state index contributed by atoms with van der Waals surface area (Å²) in [4.78, 5) is 3.86. The van der Waals surface area contributed by atoms with Crippen molar-refractivity contribution in [2.45, 2.75) is 13.1 Å². The van der Waals surface area contributed by atoms with Crippen LogP contribution in [0, 0.1) is 0 Å². The van der Waals surface area contributed by atoms with Gasteiger partial charge in [-0.15, -0.1) is 12.4 Å². The molecule has 0 saturated carbocycles. The van der Waals surface area contributed by atoms with Crippen LogP contribution in [0.15, 0.2) is 36.9 Å². The number of benzene rings is 1. The van der Waals surface area contributed by atoms with Crippen molar-refractivity contribution in [1.29, 1.82) is 0 Å². The number of aromatic hydroxyl groups is 1. The summed E-state index contributed by atoms with van der Waals surface area (Å²) < 4.78 is 1.76. The Labute approximate surface area is 106 Å². The smallest absolute Gasteiger partial charge is 0.137 e. The summed E-state index contributed by atoms with van der Waals surface area (Å²) in [6, 6.07) is 7.31. The van der Waals surface area contributed by atoms with E-state index < -0.39 is 0 Å². The third-order valence-corrected chi connectivity index (χ3v) is 2.29. The first-order chi connectivity index (χ1) is 7.86. The summed E-state index contributed by atoms with van der Waals surface area (Å²) in [6.45, 7) is 2.21. The van der Waals surface area contributed by atoms with Crippen LogP contribution in [-0.2, 0) is 13.1 Å². The second kappa shape index (κ2) is 6.88. The Bertz CT molecular complexity index is 433. The van der Waals surface area contributed by atoms with E-state index in [4.69, 9.17) is 0 Å². The van der Waals surface area contributed by atoms with Gasteiger partial charge in [0.2, 0.25) is 0 Å². The molecule has 0 aliphatic heterocycles. The van der Waals surface area contributed by atoms with Crippen LogP contribution >= 0.6 is 12.4 Å². The van der Waals surface area contributed by atoms with Gasteiger partial charge in [-0.3, -0.25) is 4.68 Å². The molecule has 2 N–H and O–H groups in total. The van der Waals surface area contributed by atoms with Gasteiger partial charge in [-0.2, -0.15) is 5.10 Å². The summed E-state index contributed by atoms with van der Waals surface area (Å²) >= 11 is 0. The van der Waals surface area contributed by atoms with Crippen LogP contribution in [0.1, 0.15) is 5.56 Å². The van der Waals surface area contributed by atoms with E-state index in [2.05, 4.69) is 15.4 Å². The molecule has 0 spiro atoms. The van der Waals surface area contributed by atoms with E-state index in [1.165, 1.54) is 6.33 Å². The zero-order valence-electron chi connectivity index (χ0n) is 9.28. The molecule has 1 heterocycles. The predicted octanol–water partition coefficient (Wildman–Crippen LogP) is 1.20. The molecule has 6 heteroatoms. The molecule has 1 aromatic heterocycles. The molecule has 0 bridgehead atoms. The molecule has 0 fully saturated rings. The van der Waals surface area contributed by atoms with Crippen molar-refractivity contribution in [1.82, 2.24) is 20.1 Å². The lowest BCUT2D eigenvalue weighted by Crippen LogP contribution is -2.19. The lowest BCUT2D eigenvalue weighted by Gasteiger charge is -2.06. The van der Waals surface area contributed by atoms with Crippen molar-refractivity contribution in [3.05, 3.63) is 42.5 Å². The second-order valence-corrected chi connectivity index (χ2v) is 3.46. The molecule has 2 aromatic rings. The van der Waals surface area contributed by atoms with Gasteiger partial charge in [0.15, 0.2) is 0 Å². The number of aromatic nitrogens is 3. The average Bonchev–Trinajstić information content (AvgIpc) is 2.79. The van der Waals surface area contributed by atoms with E-state index >= 15 is 0 Å². The number of hydrogen-bond acceptors (Lipinski definition) is 4. The first-order valence-electron chi connectivity index (χ1n) is 5.16. The van der Waals surface area contributed by atoms with E-state index in [-0.39, 0.29) is 12.4 Å². The van der Waals surface area contributed by atoms with Crippen LogP contribution < -0.4 is 5.32 Å². The van der Waals surface area contributed by atoms with Crippen molar-refractivity contribution in [2.75, 3.05) is 6.54 Å². The second-order valence-electron chi connectivity index (χ2n) is 3.46. The lowest BCUT2D eigenvalue weighted by molar-refractivity contribution is 0.462. The van der Waals surface area contributed by atoms with Crippen LogP contribution in [0.5, 0.6) is 5.75 Å². The summed E-state index contributed by atoms with van der Waals surface area (Å²) in [5, 5.41) is 16.8. The fraction of sp³-hybridized carbons (Fsp3) is 0.273. The summed E-state index contributed by atoms with van der Waals surface area (Å²) in [7, 11) is 0. The molecule has 1 aromatic carbocycles. The highest BCUT2D eigenvalue weighted by Gasteiger charge is 1.98. The first kappa shape index (κ1) is 13.5. The zero-order valence-corrected chi connectivity index (χ0v) is 10.1. The third-order valence-electron chi connectivity index (χ3n) is 2.29. The molecule has 0 amide bonds. The maximum absolute atomic E-state index is 9.53. The van der Waals surface area contributed by atoms with E-state index in [1.54, 1.807) is 17.1 Å². The van der Waals surface area contributed by atoms with Crippen LogP contribution in [0.2, 0.25) is 0 Å². The fourth-order valence-electron chi connectivity index (χ4n) is 1.43. The monoisotopic (exact) mass is 254 g/mol. The Morgan fingerprint density at radius 3 is 2.82 bits per heavy atom. The highest BCUT2D eigenvalue weighted by molar-refractivity contribution is 5.85. The van der Waals surface area contributed by atoms with E-state index in [0.717, 1.165) is 18.7 Å². The van der Waals surface area contributed by atoms with Gasteiger partial charge in [0.25, 0.3) is 0 Å². The number of nitrogens with zero attached hydrogens (tertiary/aromatic N) is 3. The maximum atomic E-state index is 9.53. The highest BCUT2D eigenvalue weighted by Crippen LogP contribution is 2.14. The fourth-order valence-corrected chi connectivity index (χ4v) is 1.43. The number of rotatable bonds is 5. The minimum absolute atomic E-state index is 0. The van der Waals surface area contributed by atoms with E-state index in [9.17, 15) is 5.11 Å². The molecule has 0 saturated heterocycles. The summed E-state index contributed by atoms with van der Waals surface area (Å²) in [5.74, 6) is 0.329. The molecule has 0 aliphatic carbocycles. The number of phenolic OH excluding ortho intramolecular Hbond substituents is 1. The Morgan fingerprint density at radius 1 is 1.29 bits per heavy atom. The lowest BCUT2D eigenvalue weighted by atomic mass is 10.2. The Kier molecular flexibility index (Phi) is 5.45. The summed E-state index contributed by atoms with van der Waals surface area (Å²) in [5.41, 5.74) is 0.904. The van der Waals surface area contributed by atoms with Crippen LogP contribution in [0.3, 0.4) is 0 Å². The SMILES string of the molecule is Cl.Oc1ccccc1CNCCn1cncn1. The molecular weight excluding hydrogens is 240 g/mol. The van der Waals surface area contributed by atoms with Gasteiger partial charge in [-0.1, -0.05) is 18.2 Å². The zero-order chi connectivity index (χ0) is 11.2. The third kappa shape index (κ3) is 4.05. The van der Waals surface area contributed by atoms with E-state index in [0.29, 0.717) is 12.3 Å². The molecule has 0 atom stereocenters. The topological polar surface area (TPSA) is 63.0 Å². The number of hydrogen-bond donors (Lipinski definition) is 2. The molecule has 0 radical (unpaired) electrons. The molecule has 2 rings (SSSR count). The maximum Gasteiger partial charge on any atom is 0.137 e. The van der Waals surface area contributed by atoms with Crippen LogP contribution in [-0.4, -0.2) is 26.4 Å². The minimum atomic E-state index is 0. The standard InChI is InChI=1S/C11H14N4O.ClH/c16-11-4-2-1-3-10(11)7-12-5-6-15-9-13-8-14-15;/h1-4,8-9,12,16H,5-7H2;1H. The van der Waals surface area contributed by atoms with Crippen molar-refractivity contribution in [3.8, 4) is 5.75 Å². The molecule has 0 aliphatic rings. The first-order valence-corrected chi connectivity index (χ1v) is 5.16.